The minimum Gasteiger partial charge on any atom is -0.349 e. The lowest BCUT2D eigenvalue weighted by Crippen LogP contribution is -2.48. The van der Waals surface area contributed by atoms with Crippen molar-refractivity contribution in [2.75, 3.05) is 0 Å². The van der Waals surface area contributed by atoms with Crippen molar-refractivity contribution in [2.24, 2.45) is 11.7 Å². The number of benzene rings is 2. The monoisotopic (exact) mass is 419 g/mol. The van der Waals surface area contributed by atoms with Crippen LogP contribution in [0.5, 0.6) is 0 Å². The molecule has 3 rings (SSSR count). The highest BCUT2D eigenvalue weighted by Crippen LogP contribution is 2.22. The normalized spacial score (nSPS) is 16.0. The molecule has 0 radical (unpaired) electrons. The summed E-state index contributed by atoms with van der Waals surface area (Å²) in [4.78, 5) is 27.2. The van der Waals surface area contributed by atoms with Crippen LogP contribution in [0.1, 0.15) is 43.4 Å². The Hall–Kier alpha value is -2.92. The lowest BCUT2D eigenvalue weighted by molar-refractivity contribution is -0.127. The Kier molecular flexibility index (Phi) is 8.01. The number of carbonyl (C=O) groups is 2. The van der Waals surface area contributed by atoms with E-state index in [1.54, 1.807) is 6.08 Å². The van der Waals surface area contributed by atoms with Gasteiger partial charge in [0.1, 0.15) is 0 Å². The lowest BCUT2D eigenvalue weighted by Gasteiger charge is -2.22. The Morgan fingerprint density at radius 1 is 1.06 bits per heavy atom. The zero-order valence-corrected chi connectivity index (χ0v) is 18.5. The van der Waals surface area contributed by atoms with Gasteiger partial charge < -0.3 is 16.0 Å². The molecule has 2 aromatic carbocycles. The molecule has 164 valence electrons. The number of nitrogens with one attached hydrogen (secondary N) is 1. The molecule has 0 saturated heterocycles. The van der Waals surface area contributed by atoms with Gasteiger partial charge in [0.15, 0.2) is 0 Å². The fourth-order valence-corrected chi connectivity index (χ4v) is 3.77. The van der Waals surface area contributed by atoms with E-state index in [-0.39, 0.29) is 23.8 Å². The highest BCUT2D eigenvalue weighted by atomic mass is 16.2. The highest BCUT2D eigenvalue weighted by molar-refractivity contribution is 5.88. The summed E-state index contributed by atoms with van der Waals surface area (Å²) >= 11 is 0. The van der Waals surface area contributed by atoms with Gasteiger partial charge in [-0.15, -0.1) is 0 Å². The number of aryl methyl sites for hydroxylation is 1. The first-order chi connectivity index (χ1) is 15.0. The predicted molar refractivity (Wildman–Crippen MR) is 124 cm³/mol. The number of nitrogens with zero attached hydrogens (tertiary/aromatic N) is 1. The molecule has 0 aromatic heterocycles. The second-order valence-electron chi connectivity index (χ2n) is 8.37. The summed E-state index contributed by atoms with van der Waals surface area (Å²) in [6.45, 7) is 5.25. The molecule has 0 fully saturated rings. The fraction of sp³-hybridized carbons (Fsp3) is 0.385. The highest BCUT2D eigenvalue weighted by Gasteiger charge is 2.23. The number of amides is 2. The molecule has 3 atom stereocenters. The van der Waals surface area contributed by atoms with Gasteiger partial charge >= 0.3 is 0 Å². The van der Waals surface area contributed by atoms with Crippen LogP contribution in [0.4, 0.5) is 0 Å². The summed E-state index contributed by atoms with van der Waals surface area (Å²) in [5.41, 5.74) is 9.70. The smallest absolute Gasteiger partial charge is 0.246 e. The van der Waals surface area contributed by atoms with Crippen molar-refractivity contribution in [2.45, 2.75) is 58.3 Å². The molecule has 3 unspecified atom stereocenters. The van der Waals surface area contributed by atoms with Crippen molar-refractivity contribution in [3.8, 4) is 0 Å². The van der Waals surface area contributed by atoms with Crippen molar-refractivity contribution < 1.29 is 9.59 Å². The Morgan fingerprint density at radius 3 is 2.29 bits per heavy atom. The molecule has 1 aliphatic heterocycles. The van der Waals surface area contributed by atoms with Crippen molar-refractivity contribution in [3.05, 3.63) is 83.4 Å². The first-order valence-corrected chi connectivity index (χ1v) is 11.1. The summed E-state index contributed by atoms with van der Waals surface area (Å²) in [5.74, 6) is -0.108. The molecule has 0 aliphatic carbocycles. The predicted octanol–water partition coefficient (Wildman–Crippen LogP) is 3.58. The number of carbonyl (C=O) groups excluding carboxylic acids is 2. The fourth-order valence-electron chi connectivity index (χ4n) is 3.77. The molecule has 0 saturated carbocycles. The van der Waals surface area contributed by atoms with Crippen molar-refractivity contribution in [1.82, 2.24) is 10.2 Å². The van der Waals surface area contributed by atoms with Gasteiger partial charge in [-0.3, -0.25) is 9.59 Å². The number of hydrogen-bond acceptors (Lipinski definition) is 3. The summed E-state index contributed by atoms with van der Waals surface area (Å²) < 4.78 is 0. The molecule has 5 heteroatoms. The van der Waals surface area contributed by atoms with Gasteiger partial charge in [-0.25, -0.2) is 0 Å². The minimum absolute atomic E-state index is 0.0404. The van der Waals surface area contributed by atoms with E-state index in [9.17, 15) is 9.59 Å². The molecule has 3 N–H and O–H groups in total. The first-order valence-electron chi connectivity index (χ1n) is 11.1. The van der Waals surface area contributed by atoms with Crippen LogP contribution < -0.4 is 11.1 Å². The van der Waals surface area contributed by atoms with E-state index in [0.29, 0.717) is 19.5 Å². The van der Waals surface area contributed by atoms with Gasteiger partial charge in [0, 0.05) is 25.2 Å². The van der Waals surface area contributed by atoms with Crippen LogP contribution in [-0.2, 0) is 29.1 Å². The Bertz CT molecular complexity index is 885. The SMILES string of the molecule is CCC(C)C(N)C(=O)NC(C=CC(=O)N1Cc2ccccc2C1)CCc1ccccc1. The van der Waals surface area contributed by atoms with E-state index in [2.05, 4.69) is 29.6 Å². The third-order valence-corrected chi connectivity index (χ3v) is 6.10. The molecular formula is C26H33N3O2. The maximum Gasteiger partial charge on any atom is 0.246 e. The molecule has 2 aromatic rings. The molecular weight excluding hydrogens is 386 g/mol. The standard InChI is InChI=1S/C26H33N3O2/c1-3-19(2)25(27)26(31)28-23(14-13-20-9-5-4-6-10-20)15-16-24(30)29-17-21-11-7-8-12-22(21)18-29/h4-12,15-16,19,23,25H,3,13-14,17-18,27H2,1-2H3,(H,28,31). The van der Waals surface area contributed by atoms with Crippen LogP contribution in [0, 0.1) is 5.92 Å². The van der Waals surface area contributed by atoms with Crippen molar-refractivity contribution in [1.29, 1.82) is 0 Å². The molecule has 31 heavy (non-hydrogen) atoms. The van der Waals surface area contributed by atoms with Crippen molar-refractivity contribution in [3.63, 3.8) is 0 Å². The van der Waals surface area contributed by atoms with Gasteiger partial charge in [0.25, 0.3) is 0 Å². The minimum atomic E-state index is -0.554. The Labute approximate surface area is 185 Å². The van der Waals surface area contributed by atoms with Gasteiger partial charge in [-0.2, -0.15) is 0 Å². The Morgan fingerprint density at radius 2 is 1.68 bits per heavy atom. The second kappa shape index (κ2) is 10.9. The van der Waals surface area contributed by atoms with E-state index in [1.807, 2.05) is 55.2 Å². The van der Waals surface area contributed by atoms with Crippen LogP contribution >= 0.6 is 0 Å². The summed E-state index contributed by atoms with van der Waals surface area (Å²) in [6.07, 6.45) is 5.75. The van der Waals surface area contributed by atoms with Gasteiger partial charge in [-0.1, -0.05) is 80.9 Å². The molecule has 1 aliphatic rings. The molecule has 1 heterocycles. The third-order valence-electron chi connectivity index (χ3n) is 6.10. The van der Waals surface area contributed by atoms with E-state index in [1.165, 1.54) is 16.7 Å². The topological polar surface area (TPSA) is 75.4 Å². The molecule has 2 amide bonds. The third kappa shape index (κ3) is 6.28. The van der Waals surface area contributed by atoms with E-state index >= 15 is 0 Å². The van der Waals surface area contributed by atoms with E-state index in [4.69, 9.17) is 5.73 Å². The number of fused-ring (bicyclic) bond motifs is 1. The maximum atomic E-state index is 12.8. The summed E-state index contributed by atoms with van der Waals surface area (Å²) in [5, 5.41) is 3.04. The van der Waals surface area contributed by atoms with Crippen LogP contribution in [0.15, 0.2) is 66.7 Å². The summed E-state index contributed by atoms with van der Waals surface area (Å²) in [6, 6.07) is 17.4. The molecule has 0 bridgehead atoms. The second-order valence-corrected chi connectivity index (χ2v) is 8.37. The van der Waals surface area contributed by atoms with Gasteiger partial charge in [0.2, 0.25) is 11.8 Å². The van der Waals surface area contributed by atoms with Gasteiger partial charge in [-0.05, 0) is 35.4 Å². The number of nitrogens with two attached hydrogens (primary N) is 1. The summed E-state index contributed by atoms with van der Waals surface area (Å²) in [7, 11) is 0. The van der Waals surface area contributed by atoms with Crippen LogP contribution in [0.2, 0.25) is 0 Å². The van der Waals surface area contributed by atoms with E-state index in [0.717, 1.165) is 12.8 Å². The molecule has 5 nitrogen and oxygen atoms in total. The molecule has 0 spiro atoms. The van der Waals surface area contributed by atoms with Crippen LogP contribution in [0.3, 0.4) is 0 Å². The largest absolute Gasteiger partial charge is 0.349 e. The number of hydrogen-bond donors (Lipinski definition) is 2. The van der Waals surface area contributed by atoms with Crippen molar-refractivity contribution >= 4 is 11.8 Å². The zero-order valence-electron chi connectivity index (χ0n) is 18.5. The van der Waals surface area contributed by atoms with Gasteiger partial charge in [0.05, 0.1) is 6.04 Å². The zero-order chi connectivity index (χ0) is 22.2. The van der Waals surface area contributed by atoms with E-state index < -0.39 is 6.04 Å². The van der Waals surface area contributed by atoms with Crippen LogP contribution in [-0.4, -0.2) is 28.8 Å². The lowest BCUT2D eigenvalue weighted by atomic mass is 9.98. The Balaban J connectivity index is 1.65. The first kappa shape index (κ1) is 22.8. The quantitative estimate of drug-likeness (QED) is 0.610. The number of rotatable bonds is 9. The van der Waals surface area contributed by atoms with Crippen LogP contribution in [0.25, 0.3) is 0 Å². The average molecular weight is 420 g/mol. The average Bonchev–Trinajstić information content (AvgIpc) is 3.24. The maximum absolute atomic E-state index is 12.8.